The Labute approximate surface area is 160 Å². The molecule has 1 aromatic heterocycles. The maximum absolute atomic E-state index is 12.2. The average molecular weight is 375 g/mol. The van der Waals surface area contributed by atoms with Gasteiger partial charge in [0.25, 0.3) is 11.6 Å². The van der Waals surface area contributed by atoms with Crippen molar-refractivity contribution >= 4 is 40.1 Å². The van der Waals surface area contributed by atoms with Gasteiger partial charge < -0.3 is 9.88 Å². The van der Waals surface area contributed by atoms with E-state index < -0.39 is 10.8 Å². The topological polar surface area (TPSA) is 102 Å². The molecule has 0 unspecified atom stereocenters. The van der Waals surface area contributed by atoms with Gasteiger partial charge in [0, 0.05) is 46.9 Å². The summed E-state index contributed by atoms with van der Waals surface area (Å²) in [5, 5.41) is 22.8. The fraction of sp³-hybridized carbons (Fsp3) is 0.150. The van der Waals surface area contributed by atoms with Crippen LogP contribution in [0.5, 0.6) is 0 Å². The molecular weight excluding hydrogens is 358 g/mol. The summed E-state index contributed by atoms with van der Waals surface area (Å²) >= 11 is 0. The molecule has 1 aliphatic rings. The number of anilines is 1. The van der Waals surface area contributed by atoms with Crippen molar-refractivity contribution in [1.82, 2.24) is 4.57 Å². The lowest BCUT2D eigenvalue weighted by Crippen LogP contribution is -2.13. The first-order valence-corrected chi connectivity index (χ1v) is 8.87. The number of nitro groups is 1. The summed E-state index contributed by atoms with van der Waals surface area (Å²) in [7, 11) is 0. The van der Waals surface area contributed by atoms with Crippen LogP contribution in [0, 0.1) is 10.1 Å². The fourth-order valence-electron chi connectivity index (χ4n) is 3.31. The molecular formula is C20H17N5O3. The van der Waals surface area contributed by atoms with Crippen molar-refractivity contribution in [2.24, 2.45) is 10.2 Å². The van der Waals surface area contributed by atoms with E-state index in [1.54, 1.807) is 6.21 Å². The Balaban J connectivity index is 1.70. The molecule has 2 heterocycles. The Morgan fingerprint density at radius 3 is 2.86 bits per heavy atom. The molecule has 1 N–H and O–H groups in total. The number of aromatic nitrogens is 1. The van der Waals surface area contributed by atoms with Crippen LogP contribution in [-0.2, 0) is 11.3 Å². The number of fused-ring (bicyclic) bond motifs is 2. The summed E-state index contributed by atoms with van der Waals surface area (Å²) in [6, 6.07) is 12.2. The van der Waals surface area contributed by atoms with Crippen molar-refractivity contribution < 1.29 is 9.72 Å². The van der Waals surface area contributed by atoms with Gasteiger partial charge in [-0.1, -0.05) is 25.1 Å². The van der Waals surface area contributed by atoms with Crippen molar-refractivity contribution in [3.05, 3.63) is 69.9 Å². The van der Waals surface area contributed by atoms with Crippen molar-refractivity contribution in [3.8, 4) is 0 Å². The van der Waals surface area contributed by atoms with E-state index in [1.165, 1.54) is 18.2 Å². The summed E-state index contributed by atoms with van der Waals surface area (Å²) in [5.41, 5.74) is 2.83. The van der Waals surface area contributed by atoms with E-state index in [-0.39, 0.29) is 11.4 Å². The lowest BCUT2D eigenvalue weighted by atomic mass is 10.1. The second-order valence-electron chi connectivity index (χ2n) is 6.43. The lowest BCUT2D eigenvalue weighted by molar-refractivity contribution is -0.384. The highest BCUT2D eigenvalue weighted by Gasteiger charge is 2.28. The zero-order valence-electron chi connectivity index (χ0n) is 15.1. The monoisotopic (exact) mass is 375 g/mol. The molecule has 0 spiro atoms. The molecule has 140 valence electrons. The normalized spacial score (nSPS) is 14.8. The van der Waals surface area contributed by atoms with E-state index in [9.17, 15) is 14.9 Å². The van der Waals surface area contributed by atoms with Crippen LogP contribution in [0.4, 0.5) is 11.4 Å². The molecule has 0 atom stereocenters. The first kappa shape index (κ1) is 17.6. The number of nitrogens with zero attached hydrogens (tertiary/aromatic N) is 4. The van der Waals surface area contributed by atoms with Gasteiger partial charge in [0.05, 0.1) is 16.8 Å². The molecule has 1 amide bonds. The number of amides is 1. The largest absolute Gasteiger partial charge is 0.347 e. The molecule has 3 aromatic rings. The molecule has 0 saturated carbocycles. The van der Waals surface area contributed by atoms with Crippen LogP contribution in [0.15, 0.2) is 58.9 Å². The molecule has 28 heavy (non-hydrogen) atoms. The van der Waals surface area contributed by atoms with Crippen LogP contribution < -0.4 is 5.32 Å². The van der Waals surface area contributed by atoms with E-state index >= 15 is 0 Å². The van der Waals surface area contributed by atoms with Crippen LogP contribution in [0.2, 0.25) is 0 Å². The number of hydrogen-bond acceptors (Lipinski definition) is 5. The van der Waals surface area contributed by atoms with Crippen LogP contribution in [0.25, 0.3) is 10.9 Å². The number of aryl methyl sites for hydroxylation is 1. The standard InChI is InChI=1S/C20H17N5O3/c1-2-9-24-12-13(15-5-3-4-6-18(15)24)11-21-23-19-16-10-14(25(27)28)7-8-17(16)22-20(19)26/h3-8,10-12H,2,9H2,1H3,(H,22,23,26)/b21-11-. The Morgan fingerprint density at radius 2 is 2.07 bits per heavy atom. The lowest BCUT2D eigenvalue weighted by Gasteiger charge is -2.00. The minimum absolute atomic E-state index is 0.0623. The summed E-state index contributed by atoms with van der Waals surface area (Å²) < 4.78 is 2.16. The number of para-hydroxylation sites is 1. The molecule has 1 aliphatic heterocycles. The summed E-state index contributed by atoms with van der Waals surface area (Å²) in [5.74, 6) is -0.430. The minimum Gasteiger partial charge on any atom is -0.347 e. The van der Waals surface area contributed by atoms with Crippen molar-refractivity contribution in [3.63, 3.8) is 0 Å². The number of rotatable bonds is 5. The number of carbonyl (C=O) groups excluding carboxylic acids is 1. The third kappa shape index (κ3) is 3.05. The van der Waals surface area contributed by atoms with Crippen molar-refractivity contribution in [1.29, 1.82) is 0 Å². The number of benzene rings is 2. The predicted octanol–water partition coefficient (Wildman–Crippen LogP) is 3.73. The summed E-state index contributed by atoms with van der Waals surface area (Å²) in [4.78, 5) is 22.7. The van der Waals surface area contributed by atoms with E-state index in [1.807, 2.05) is 30.5 Å². The highest BCUT2D eigenvalue weighted by atomic mass is 16.6. The first-order valence-electron chi connectivity index (χ1n) is 8.87. The van der Waals surface area contributed by atoms with Gasteiger partial charge in [-0.25, -0.2) is 0 Å². The number of nitro benzene ring substituents is 1. The van der Waals surface area contributed by atoms with Gasteiger partial charge >= 0.3 is 0 Å². The van der Waals surface area contributed by atoms with Gasteiger partial charge in [-0.05, 0) is 18.6 Å². The summed E-state index contributed by atoms with van der Waals surface area (Å²) in [6.07, 6.45) is 4.61. The van der Waals surface area contributed by atoms with E-state index in [0.29, 0.717) is 11.3 Å². The van der Waals surface area contributed by atoms with Gasteiger partial charge in [-0.15, -0.1) is 5.10 Å². The van der Waals surface area contributed by atoms with Crippen molar-refractivity contribution in [2.75, 3.05) is 5.32 Å². The Kier molecular flexibility index (Phi) is 4.44. The zero-order chi connectivity index (χ0) is 19.7. The molecule has 0 saturated heterocycles. The smallest absolute Gasteiger partial charge is 0.276 e. The van der Waals surface area contributed by atoms with E-state index in [4.69, 9.17) is 0 Å². The maximum Gasteiger partial charge on any atom is 0.276 e. The fourth-order valence-corrected chi connectivity index (χ4v) is 3.31. The zero-order valence-corrected chi connectivity index (χ0v) is 15.1. The van der Waals surface area contributed by atoms with Gasteiger partial charge in [-0.2, -0.15) is 5.10 Å². The molecule has 8 nitrogen and oxygen atoms in total. The number of carbonyl (C=O) groups is 1. The predicted molar refractivity (Wildman–Crippen MR) is 108 cm³/mol. The molecule has 2 aromatic carbocycles. The highest BCUT2D eigenvalue weighted by molar-refractivity contribution is 6.53. The molecule has 0 radical (unpaired) electrons. The van der Waals surface area contributed by atoms with Crippen LogP contribution >= 0.6 is 0 Å². The van der Waals surface area contributed by atoms with Crippen LogP contribution in [-0.4, -0.2) is 27.3 Å². The Morgan fingerprint density at radius 1 is 1.25 bits per heavy atom. The summed E-state index contributed by atoms with van der Waals surface area (Å²) in [6.45, 7) is 3.01. The quantitative estimate of drug-likeness (QED) is 0.417. The third-order valence-corrected chi connectivity index (χ3v) is 4.57. The Bertz CT molecular complexity index is 1160. The second kappa shape index (κ2) is 7.07. The average Bonchev–Trinajstić information content (AvgIpc) is 3.19. The second-order valence-corrected chi connectivity index (χ2v) is 6.43. The number of nitrogens with one attached hydrogen (secondary N) is 1. The Hall–Kier alpha value is -3.81. The molecule has 0 bridgehead atoms. The van der Waals surface area contributed by atoms with Gasteiger partial charge in [0.2, 0.25) is 0 Å². The molecule has 0 aliphatic carbocycles. The minimum atomic E-state index is -0.507. The molecule has 4 rings (SSSR count). The van der Waals surface area contributed by atoms with Crippen molar-refractivity contribution in [2.45, 2.75) is 19.9 Å². The molecule has 8 heteroatoms. The van der Waals surface area contributed by atoms with E-state index in [0.717, 1.165) is 29.4 Å². The maximum atomic E-state index is 12.2. The first-order chi connectivity index (χ1) is 13.6. The number of non-ortho nitro benzene ring substituents is 1. The van der Waals surface area contributed by atoms with Gasteiger partial charge in [-0.3, -0.25) is 14.9 Å². The van der Waals surface area contributed by atoms with Crippen LogP contribution in [0.1, 0.15) is 24.5 Å². The highest BCUT2D eigenvalue weighted by Crippen LogP contribution is 2.28. The third-order valence-electron chi connectivity index (χ3n) is 4.57. The van der Waals surface area contributed by atoms with Crippen LogP contribution in [0.3, 0.4) is 0 Å². The number of hydrogen-bond donors (Lipinski definition) is 1. The SMILES string of the molecule is CCCn1cc(/C=N\N=C2\C(=O)Nc3ccc([N+](=O)[O-])cc32)c2ccccc21. The van der Waals surface area contributed by atoms with E-state index in [2.05, 4.69) is 27.0 Å². The van der Waals surface area contributed by atoms with Gasteiger partial charge in [0.1, 0.15) is 0 Å². The van der Waals surface area contributed by atoms with Gasteiger partial charge in [0.15, 0.2) is 5.71 Å². The molecule has 0 fully saturated rings.